The van der Waals surface area contributed by atoms with E-state index in [2.05, 4.69) is 31.5 Å². The van der Waals surface area contributed by atoms with Crippen molar-refractivity contribution in [2.75, 3.05) is 0 Å². The van der Waals surface area contributed by atoms with Crippen LogP contribution >= 0.6 is 11.3 Å². The molecule has 2 rings (SSSR count). The second-order valence-electron chi connectivity index (χ2n) is 4.72. The molecule has 1 heterocycles. The van der Waals surface area contributed by atoms with Gasteiger partial charge < -0.3 is 4.79 Å². The Morgan fingerprint density at radius 1 is 1.56 bits per heavy atom. The molecule has 0 spiro atoms. The molecule has 0 amide bonds. The molecule has 84 valence electrons. The van der Waals surface area contributed by atoms with Crippen LogP contribution in [-0.4, -0.2) is 11.3 Å². The Kier molecular flexibility index (Phi) is 2.80. The Morgan fingerprint density at radius 3 is 2.88 bits per heavy atom. The standard InChI is InChI=1S/C13H15NOS/c1-9-10(8-15)4-5-13(2,3)11(9)12-14-6-7-16-12/h4-8,10-11H,1H2,2-3H3. The molecule has 0 aromatic carbocycles. The summed E-state index contributed by atoms with van der Waals surface area (Å²) in [7, 11) is 0. The first-order valence-electron chi connectivity index (χ1n) is 5.29. The second-order valence-corrected chi connectivity index (χ2v) is 5.65. The molecule has 1 aromatic rings. The average molecular weight is 233 g/mol. The number of rotatable bonds is 2. The highest BCUT2D eigenvalue weighted by Crippen LogP contribution is 2.47. The van der Waals surface area contributed by atoms with Crippen molar-refractivity contribution in [3.05, 3.63) is 40.9 Å². The van der Waals surface area contributed by atoms with E-state index in [1.807, 2.05) is 11.5 Å². The second kappa shape index (κ2) is 3.98. The van der Waals surface area contributed by atoms with E-state index in [-0.39, 0.29) is 17.3 Å². The number of carbonyl (C=O) groups excluding carboxylic acids is 1. The van der Waals surface area contributed by atoms with Gasteiger partial charge in [0.25, 0.3) is 0 Å². The van der Waals surface area contributed by atoms with E-state index in [9.17, 15) is 4.79 Å². The number of carbonyl (C=O) groups is 1. The third-order valence-corrected chi connectivity index (χ3v) is 3.96. The predicted octanol–water partition coefficient (Wildman–Crippen LogP) is 3.19. The van der Waals surface area contributed by atoms with Crippen LogP contribution in [0.4, 0.5) is 0 Å². The summed E-state index contributed by atoms with van der Waals surface area (Å²) in [4.78, 5) is 15.3. The Balaban J connectivity index is 2.45. The molecule has 0 radical (unpaired) electrons. The normalized spacial score (nSPS) is 28.0. The molecule has 0 saturated heterocycles. The van der Waals surface area contributed by atoms with Gasteiger partial charge in [0.05, 0.1) is 5.92 Å². The molecular weight excluding hydrogens is 218 g/mol. The van der Waals surface area contributed by atoms with E-state index in [1.165, 1.54) is 0 Å². The summed E-state index contributed by atoms with van der Waals surface area (Å²) in [6.45, 7) is 8.39. The van der Waals surface area contributed by atoms with Crippen LogP contribution in [0, 0.1) is 11.3 Å². The van der Waals surface area contributed by atoms with E-state index < -0.39 is 0 Å². The average Bonchev–Trinajstić information content (AvgIpc) is 2.70. The Hall–Kier alpha value is -1.22. The van der Waals surface area contributed by atoms with Gasteiger partial charge in [-0.25, -0.2) is 4.98 Å². The smallest absolute Gasteiger partial charge is 0.130 e. The Morgan fingerprint density at radius 2 is 2.31 bits per heavy atom. The molecule has 2 nitrogen and oxygen atoms in total. The van der Waals surface area contributed by atoms with Crippen LogP contribution in [0.3, 0.4) is 0 Å². The lowest BCUT2D eigenvalue weighted by Gasteiger charge is -2.37. The fourth-order valence-electron chi connectivity index (χ4n) is 2.23. The zero-order valence-electron chi connectivity index (χ0n) is 9.51. The number of nitrogens with zero attached hydrogens (tertiary/aromatic N) is 1. The lowest BCUT2D eigenvalue weighted by atomic mass is 9.68. The van der Waals surface area contributed by atoms with Gasteiger partial charge in [0.2, 0.25) is 0 Å². The maximum atomic E-state index is 11.0. The van der Waals surface area contributed by atoms with E-state index in [4.69, 9.17) is 0 Å². The topological polar surface area (TPSA) is 30.0 Å². The molecule has 0 aliphatic heterocycles. The van der Waals surface area contributed by atoms with E-state index in [0.717, 1.165) is 16.9 Å². The van der Waals surface area contributed by atoms with E-state index in [1.54, 1.807) is 17.5 Å². The number of hydrogen-bond donors (Lipinski definition) is 0. The van der Waals surface area contributed by atoms with Crippen LogP contribution in [-0.2, 0) is 4.79 Å². The summed E-state index contributed by atoms with van der Waals surface area (Å²) in [6.07, 6.45) is 6.80. The predicted molar refractivity (Wildman–Crippen MR) is 66.5 cm³/mol. The molecule has 1 aromatic heterocycles. The molecule has 0 bridgehead atoms. The fourth-order valence-corrected chi connectivity index (χ4v) is 3.20. The number of aromatic nitrogens is 1. The zero-order chi connectivity index (χ0) is 11.8. The third-order valence-electron chi connectivity index (χ3n) is 3.12. The fraction of sp³-hybridized carbons (Fsp3) is 0.385. The largest absolute Gasteiger partial charge is 0.302 e. The van der Waals surface area contributed by atoms with Crippen LogP contribution in [0.15, 0.2) is 35.9 Å². The van der Waals surface area contributed by atoms with Crippen molar-refractivity contribution < 1.29 is 4.79 Å². The first-order chi connectivity index (χ1) is 7.56. The highest BCUT2D eigenvalue weighted by Gasteiger charge is 2.37. The summed E-state index contributed by atoms with van der Waals surface area (Å²) < 4.78 is 0. The maximum absolute atomic E-state index is 11.0. The Bertz CT molecular complexity index is 431. The summed E-state index contributed by atoms with van der Waals surface area (Å²) >= 11 is 1.63. The number of allylic oxidation sites excluding steroid dienone is 3. The first kappa shape index (κ1) is 11.3. The zero-order valence-corrected chi connectivity index (χ0v) is 10.3. The van der Waals surface area contributed by atoms with Gasteiger partial charge in [-0.2, -0.15) is 0 Å². The summed E-state index contributed by atoms with van der Waals surface area (Å²) in [6, 6.07) is 0. The number of aldehydes is 1. The SMILES string of the molecule is C=C1C(C=O)C=CC(C)(C)C1c1nccs1. The summed E-state index contributed by atoms with van der Waals surface area (Å²) in [5.74, 6) is -0.0189. The van der Waals surface area contributed by atoms with Crippen LogP contribution < -0.4 is 0 Å². The first-order valence-corrected chi connectivity index (χ1v) is 6.17. The van der Waals surface area contributed by atoms with E-state index in [0.29, 0.717) is 0 Å². The van der Waals surface area contributed by atoms with Crippen LogP contribution in [0.25, 0.3) is 0 Å². The van der Waals surface area contributed by atoms with Crippen LogP contribution in [0.1, 0.15) is 24.8 Å². The molecule has 2 atom stereocenters. The van der Waals surface area contributed by atoms with Crippen molar-refractivity contribution in [2.24, 2.45) is 11.3 Å². The van der Waals surface area contributed by atoms with Crippen molar-refractivity contribution in [1.82, 2.24) is 4.98 Å². The monoisotopic (exact) mass is 233 g/mol. The molecule has 1 aliphatic carbocycles. The van der Waals surface area contributed by atoms with Crippen LogP contribution in [0.2, 0.25) is 0 Å². The number of thiazole rings is 1. The number of hydrogen-bond acceptors (Lipinski definition) is 3. The Labute approximate surface area is 99.7 Å². The highest BCUT2D eigenvalue weighted by atomic mass is 32.1. The van der Waals surface area contributed by atoms with Crippen LogP contribution in [0.5, 0.6) is 0 Å². The molecule has 1 aliphatic rings. The third kappa shape index (κ3) is 1.76. The van der Waals surface area contributed by atoms with Crippen molar-refractivity contribution in [2.45, 2.75) is 19.8 Å². The molecule has 0 saturated carbocycles. The van der Waals surface area contributed by atoms with Gasteiger partial charge in [0, 0.05) is 17.5 Å². The van der Waals surface area contributed by atoms with Crippen molar-refractivity contribution >= 4 is 17.6 Å². The lowest BCUT2D eigenvalue weighted by Crippen LogP contribution is -2.28. The van der Waals surface area contributed by atoms with Gasteiger partial charge in [0.15, 0.2) is 0 Å². The molecule has 16 heavy (non-hydrogen) atoms. The molecular formula is C13H15NOS. The van der Waals surface area contributed by atoms with Gasteiger partial charge in [-0.15, -0.1) is 11.3 Å². The van der Waals surface area contributed by atoms with Crippen molar-refractivity contribution in [1.29, 1.82) is 0 Å². The molecule has 0 N–H and O–H groups in total. The molecule has 2 unspecified atom stereocenters. The van der Waals surface area contributed by atoms with Crippen molar-refractivity contribution in [3.8, 4) is 0 Å². The quantitative estimate of drug-likeness (QED) is 0.580. The van der Waals surface area contributed by atoms with Gasteiger partial charge in [-0.05, 0) is 5.41 Å². The lowest BCUT2D eigenvalue weighted by molar-refractivity contribution is -0.109. The van der Waals surface area contributed by atoms with E-state index >= 15 is 0 Å². The molecule has 3 heteroatoms. The van der Waals surface area contributed by atoms with Gasteiger partial charge in [0.1, 0.15) is 11.3 Å². The van der Waals surface area contributed by atoms with Crippen molar-refractivity contribution in [3.63, 3.8) is 0 Å². The van der Waals surface area contributed by atoms with Gasteiger partial charge in [-0.3, -0.25) is 0 Å². The minimum absolute atomic E-state index is 0.0194. The summed E-state index contributed by atoms with van der Waals surface area (Å²) in [5, 5.41) is 3.01. The minimum Gasteiger partial charge on any atom is -0.302 e. The summed E-state index contributed by atoms with van der Waals surface area (Å²) in [5.41, 5.74) is 0.937. The van der Waals surface area contributed by atoms with Gasteiger partial charge in [-0.1, -0.05) is 38.2 Å². The minimum atomic E-state index is -0.165. The van der Waals surface area contributed by atoms with Gasteiger partial charge >= 0.3 is 0 Å². The molecule has 0 fully saturated rings. The highest BCUT2D eigenvalue weighted by molar-refractivity contribution is 7.09. The maximum Gasteiger partial charge on any atom is 0.130 e.